The largest absolute Gasteiger partial charge is 0.489 e. The van der Waals surface area contributed by atoms with Crippen LogP contribution in [-0.4, -0.2) is 32.6 Å². The maximum absolute atomic E-state index is 13.0. The van der Waals surface area contributed by atoms with Crippen molar-refractivity contribution in [2.75, 3.05) is 0 Å². The van der Waals surface area contributed by atoms with E-state index in [0.29, 0.717) is 31.4 Å². The molecule has 0 radical (unpaired) electrons. The van der Waals surface area contributed by atoms with Gasteiger partial charge in [0.15, 0.2) is 5.69 Å². The molecular formula is C18H18F3N5O2. The summed E-state index contributed by atoms with van der Waals surface area (Å²) < 4.78 is 46.4. The van der Waals surface area contributed by atoms with Gasteiger partial charge in [-0.05, 0) is 31.7 Å². The normalized spacial score (nSPS) is 19.7. The molecule has 2 aromatic rings. The number of pyridine rings is 1. The molecule has 1 N–H and O–H groups in total. The zero-order chi connectivity index (χ0) is 20.3. The van der Waals surface area contributed by atoms with Crippen LogP contribution in [0.2, 0.25) is 0 Å². The molecule has 2 aromatic heterocycles. The molecular weight excluding hydrogens is 375 g/mol. The average molecular weight is 393 g/mol. The zero-order valence-electron chi connectivity index (χ0n) is 15.0. The molecule has 0 aliphatic heterocycles. The van der Waals surface area contributed by atoms with Crippen molar-refractivity contribution in [1.29, 1.82) is 5.26 Å². The predicted molar refractivity (Wildman–Crippen MR) is 91.3 cm³/mol. The minimum absolute atomic E-state index is 0.0210. The number of hydrogen-bond acceptors (Lipinski definition) is 5. The van der Waals surface area contributed by atoms with Crippen molar-refractivity contribution in [3.05, 3.63) is 41.7 Å². The number of hydrogen-bond donors (Lipinski definition) is 1. The predicted octanol–water partition coefficient (Wildman–Crippen LogP) is 2.83. The fourth-order valence-corrected chi connectivity index (χ4v) is 3.12. The Morgan fingerprint density at radius 1 is 1.32 bits per heavy atom. The van der Waals surface area contributed by atoms with Gasteiger partial charge in [-0.2, -0.15) is 18.4 Å². The highest BCUT2D eigenvalue weighted by Gasteiger charge is 2.35. The molecule has 1 amide bonds. The van der Waals surface area contributed by atoms with Crippen LogP contribution in [-0.2, 0) is 13.2 Å². The number of amides is 1. The Bertz CT molecular complexity index is 895. The van der Waals surface area contributed by atoms with E-state index in [9.17, 15) is 18.0 Å². The number of nitrogens with one attached hydrogen (secondary N) is 1. The van der Waals surface area contributed by atoms with Crippen molar-refractivity contribution in [3.8, 4) is 11.8 Å². The Hall–Kier alpha value is -3.09. The van der Waals surface area contributed by atoms with Crippen LogP contribution in [0.4, 0.5) is 13.2 Å². The maximum Gasteiger partial charge on any atom is 0.419 e. The summed E-state index contributed by atoms with van der Waals surface area (Å²) in [5.74, 6) is -0.275. The number of alkyl halides is 3. The van der Waals surface area contributed by atoms with E-state index in [4.69, 9.17) is 10.00 Å². The Kier molecular flexibility index (Phi) is 5.53. The summed E-state index contributed by atoms with van der Waals surface area (Å²) in [7, 11) is 1.77. The molecule has 1 fully saturated rings. The number of rotatable bonds is 4. The van der Waals surface area contributed by atoms with E-state index in [0.717, 1.165) is 12.3 Å². The highest BCUT2D eigenvalue weighted by atomic mass is 19.4. The number of halogens is 3. The maximum atomic E-state index is 13.0. The second-order valence-corrected chi connectivity index (χ2v) is 6.67. The first kappa shape index (κ1) is 19.7. The van der Waals surface area contributed by atoms with Crippen molar-refractivity contribution in [1.82, 2.24) is 19.9 Å². The molecule has 2 heterocycles. The van der Waals surface area contributed by atoms with Crippen LogP contribution in [0.1, 0.15) is 47.4 Å². The highest BCUT2D eigenvalue weighted by molar-refractivity contribution is 5.92. The molecule has 1 aliphatic rings. The molecule has 3 rings (SSSR count). The molecule has 28 heavy (non-hydrogen) atoms. The number of carbonyl (C=O) groups is 1. The fraction of sp³-hybridized carbons (Fsp3) is 0.444. The summed E-state index contributed by atoms with van der Waals surface area (Å²) >= 11 is 0. The third kappa shape index (κ3) is 4.60. The van der Waals surface area contributed by atoms with E-state index in [-0.39, 0.29) is 23.8 Å². The second kappa shape index (κ2) is 7.88. The van der Waals surface area contributed by atoms with Crippen LogP contribution in [0.25, 0.3) is 0 Å². The van der Waals surface area contributed by atoms with E-state index in [1.54, 1.807) is 24.1 Å². The topological polar surface area (TPSA) is 92.8 Å². The first-order chi connectivity index (χ1) is 13.3. The minimum atomic E-state index is -4.68. The van der Waals surface area contributed by atoms with E-state index in [1.807, 2.05) is 0 Å². The Labute approximate surface area is 159 Å². The van der Waals surface area contributed by atoms with Gasteiger partial charge in [-0.3, -0.25) is 4.79 Å². The van der Waals surface area contributed by atoms with Gasteiger partial charge < -0.3 is 14.6 Å². The van der Waals surface area contributed by atoms with Crippen molar-refractivity contribution in [2.45, 2.75) is 44.0 Å². The zero-order valence-corrected chi connectivity index (χ0v) is 15.0. The monoisotopic (exact) mass is 393 g/mol. The molecule has 10 heteroatoms. The summed E-state index contributed by atoms with van der Waals surface area (Å²) in [5, 5.41) is 11.7. The number of aryl methyl sites for hydroxylation is 1. The number of nitriles is 1. The molecule has 0 saturated heterocycles. The van der Waals surface area contributed by atoms with Gasteiger partial charge in [0.2, 0.25) is 0 Å². The first-order valence-electron chi connectivity index (χ1n) is 8.69. The van der Waals surface area contributed by atoms with Crippen LogP contribution in [0.15, 0.2) is 24.8 Å². The lowest BCUT2D eigenvalue weighted by Gasteiger charge is -2.29. The third-order valence-corrected chi connectivity index (χ3v) is 4.52. The fourth-order valence-electron chi connectivity index (χ4n) is 3.12. The van der Waals surface area contributed by atoms with Crippen molar-refractivity contribution >= 4 is 5.91 Å². The second-order valence-electron chi connectivity index (χ2n) is 6.67. The van der Waals surface area contributed by atoms with Gasteiger partial charge in [0, 0.05) is 19.3 Å². The Balaban J connectivity index is 1.56. The van der Waals surface area contributed by atoms with E-state index < -0.39 is 17.4 Å². The highest BCUT2D eigenvalue weighted by Crippen LogP contribution is 2.34. The molecule has 0 spiro atoms. The molecule has 1 aliphatic carbocycles. The van der Waals surface area contributed by atoms with Crippen LogP contribution < -0.4 is 10.1 Å². The van der Waals surface area contributed by atoms with Crippen LogP contribution >= 0.6 is 0 Å². The lowest BCUT2D eigenvalue weighted by atomic mass is 9.93. The molecule has 1 saturated carbocycles. The number of imidazole rings is 1. The number of ether oxygens (including phenoxy) is 1. The standard InChI is InChI=1S/C18H18F3N5O2/c1-26-9-16(24-10-26)17(27)25-11-2-4-12(5-3-11)28-13-6-14(18(19,20)21)15(7-22)23-8-13/h6,8-12H,2-5H2,1H3,(H,25,27)/t11-,12-. The summed E-state index contributed by atoms with van der Waals surface area (Å²) in [5.41, 5.74) is -1.45. The van der Waals surface area contributed by atoms with Gasteiger partial charge in [0.05, 0.1) is 24.2 Å². The van der Waals surface area contributed by atoms with E-state index in [2.05, 4.69) is 15.3 Å². The smallest absolute Gasteiger partial charge is 0.419 e. The number of nitrogens with zero attached hydrogens (tertiary/aromatic N) is 4. The molecule has 0 unspecified atom stereocenters. The molecule has 7 nitrogen and oxygen atoms in total. The molecule has 148 valence electrons. The summed E-state index contributed by atoms with van der Waals surface area (Å²) in [6.45, 7) is 0. The summed E-state index contributed by atoms with van der Waals surface area (Å²) in [4.78, 5) is 19.7. The lowest BCUT2D eigenvalue weighted by Crippen LogP contribution is -2.39. The van der Waals surface area contributed by atoms with Crippen molar-refractivity contribution < 1.29 is 22.7 Å². The quantitative estimate of drug-likeness (QED) is 0.862. The molecule has 0 bridgehead atoms. The van der Waals surface area contributed by atoms with Gasteiger partial charge in [-0.15, -0.1) is 0 Å². The van der Waals surface area contributed by atoms with Gasteiger partial charge in [-0.25, -0.2) is 9.97 Å². The first-order valence-corrected chi connectivity index (χ1v) is 8.69. The van der Waals surface area contributed by atoms with Gasteiger partial charge in [-0.1, -0.05) is 0 Å². The van der Waals surface area contributed by atoms with Crippen LogP contribution in [0.5, 0.6) is 5.75 Å². The SMILES string of the molecule is Cn1cnc(C(=O)N[C@H]2CC[C@H](Oc3cnc(C#N)c(C(F)(F)F)c3)CC2)c1. The third-order valence-electron chi connectivity index (χ3n) is 4.52. The molecule has 0 atom stereocenters. The Morgan fingerprint density at radius 3 is 2.61 bits per heavy atom. The van der Waals surface area contributed by atoms with Crippen molar-refractivity contribution in [3.63, 3.8) is 0 Å². The van der Waals surface area contributed by atoms with Crippen molar-refractivity contribution in [2.24, 2.45) is 7.05 Å². The molecule has 0 aromatic carbocycles. The average Bonchev–Trinajstić information content (AvgIpc) is 3.09. The van der Waals surface area contributed by atoms with Gasteiger partial charge >= 0.3 is 6.18 Å². The van der Waals surface area contributed by atoms with E-state index in [1.165, 1.54) is 6.07 Å². The number of carbonyl (C=O) groups excluding carboxylic acids is 1. The van der Waals surface area contributed by atoms with Gasteiger partial charge in [0.1, 0.15) is 17.5 Å². The van der Waals surface area contributed by atoms with Crippen LogP contribution in [0, 0.1) is 11.3 Å². The van der Waals surface area contributed by atoms with E-state index >= 15 is 0 Å². The summed E-state index contributed by atoms with van der Waals surface area (Å²) in [6, 6.07) is 2.20. The van der Waals surface area contributed by atoms with Gasteiger partial charge in [0.25, 0.3) is 5.91 Å². The van der Waals surface area contributed by atoms with Crippen LogP contribution in [0.3, 0.4) is 0 Å². The Morgan fingerprint density at radius 2 is 2.04 bits per heavy atom. The minimum Gasteiger partial charge on any atom is -0.489 e. The lowest BCUT2D eigenvalue weighted by molar-refractivity contribution is -0.138. The summed E-state index contributed by atoms with van der Waals surface area (Å²) in [6.07, 6.45) is 1.77. The number of aromatic nitrogens is 3.